The first-order valence-electron chi connectivity index (χ1n) is 10.2. The predicted octanol–water partition coefficient (Wildman–Crippen LogP) is 4.68. The molecule has 1 N–H and O–H groups in total. The molecule has 0 aliphatic carbocycles. The first-order chi connectivity index (χ1) is 14.9. The lowest BCUT2D eigenvalue weighted by atomic mass is 9.90. The number of ether oxygens (including phenoxy) is 3. The van der Waals surface area contributed by atoms with E-state index in [1.807, 2.05) is 37.3 Å². The molecule has 1 aliphatic heterocycles. The third kappa shape index (κ3) is 4.52. The maximum Gasteiger partial charge on any atom is 0.412 e. The Morgan fingerprint density at radius 3 is 2.35 bits per heavy atom. The molecule has 31 heavy (non-hydrogen) atoms. The fourth-order valence-electron chi connectivity index (χ4n) is 4.03. The molecule has 0 saturated heterocycles. The SMILES string of the molecule is CCOC(=O)N(Cc1ccccc1)[C@@H]1C[C@H](C)N(C(=O)O)c2cc(OC)c(OC)cc21. The molecule has 2 amide bonds. The molecule has 0 saturated carbocycles. The van der Waals surface area contributed by atoms with Gasteiger partial charge in [-0.05, 0) is 31.9 Å². The number of carbonyl (C=O) groups is 2. The largest absolute Gasteiger partial charge is 0.493 e. The number of fused-ring (bicyclic) bond motifs is 1. The van der Waals surface area contributed by atoms with Crippen LogP contribution in [0.4, 0.5) is 15.3 Å². The van der Waals surface area contributed by atoms with Crippen LogP contribution >= 0.6 is 0 Å². The number of benzene rings is 2. The molecule has 1 heterocycles. The van der Waals surface area contributed by atoms with Crippen LogP contribution in [0.2, 0.25) is 0 Å². The van der Waals surface area contributed by atoms with Crippen LogP contribution in [0.15, 0.2) is 42.5 Å². The maximum atomic E-state index is 13.0. The van der Waals surface area contributed by atoms with E-state index in [-0.39, 0.29) is 12.6 Å². The topological polar surface area (TPSA) is 88.5 Å². The van der Waals surface area contributed by atoms with Gasteiger partial charge >= 0.3 is 12.2 Å². The molecular weight excluding hydrogens is 400 g/mol. The summed E-state index contributed by atoms with van der Waals surface area (Å²) < 4.78 is 16.2. The van der Waals surface area contributed by atoms with Crippen LogP contribution < -0.4 is 14.4 Å². The molecule has 0 unspecified atom stereocenters. The van der Waals surface area contributed by atoms with Crippen molar-refractivity contribution in [2.75, 3.05) is 25.7 Å². The van der Waals surface area contributed by atoms with Crippen LogP contribution in [0.1, 0.15) is 37.4 Å². The van der Waals surface area contributed by atoms with Gasteiger partial charge < -0.3 is 19.3 Å². The van der Waals surface area contributed by atoms with Gasteiger partial charge in [-0.1, -0.05) is 30.3 Å². The molecule has 8 nitrogen and oxygen atoms in total. The molecule has 166 valence electrons. The number of methoxy groups -OCH3 is 2. The molecule has 0 fully saturated rings. The second-order valence-corrected chi connectivity index (χ2v) is 7.33. The molecule has 3 rings (SSSR count). The monoisotopic (exact) mass is 428 g/mol. The molecule has 0 aromatic heterocycles. The quantitative estimate of drug-likeness (QED) is 0.719. The van der Waals surface area contributed by atoms with Crippen LogP contribution in [0, 0.1) is 0 Å². The Bertz CT molecular complexity index is 933. The third-order valence-electron chi connectivity index (χ3n) is 5.44. The molecule has 8 heteroatoms. The van der Waals surface area contributed by atoms with E-state index in [9.17, 15) is 14.7 Å². The Morgan fingerprint density at radius 1 is 1.13 bits per heavy atom. The van der Waals surface area contributed by atoms with Gasteiger partial charge in [0.05, 0.1) is 32.6 Å². The van der Waals surface area contributed by atoms with Gasteiger partial charge in [0.1, 0.15) is 0 Å². The summed E-state index contributed by atoms with van der Waals surface area (Å²) >= 11 is 0. The van der Waals surface area contributed by atoms with E-state index in [1.165, 1.54) is 19.1 Å². The Balaban J connectivity index is 2.14. The molecule has 1 aliphatic rings. The maximum absolute atomic E-state index is 13.0. The molecule has 2 atom stereocenters. The number of amides is 2. The van der Waals surface area contributed by atoms with Gasteiger partial charge in [0.2, 0.25) is 0 Å². The Labute approximate surface area is 181 Å². The second-order valence-electron chi connectivity index (χ2n) is 7.33. The number of nitrogens with zero attached hydrogens (tertiary/aromatic N) is 2. The van der Waals surface area contributed by atoms with Crippen molar-refractivity contribution in [2.45, 2.75) is 38.9 Å². The number of hydrogen-bond acceptors (Lipinski definition) is 5. The Morgan fingerprint density at radius 2 is 1.77 bits per heavy atom. The third-order valence-corrected chi connectivity index (χ3v) is 5.44. The van der Waals surface area contributed by atoms with E-state index in [0.717, 1.165) is 5.56 Å². The van der Waals surface area contributed by atoms with Gasteiger partial charge in [-0.2, -0.15) is 0 Å². The van der Waals surface area contributed by atoms with E-state index in [4.69, 9.17) is 14.2 Å². The zero-order chi connectivity index (χ0) is 22.5. The summed E-state index contributed by atoms with van der Waals surface area (Å²) in [5.41, 5.74) is 2.09. The van der Waals surface area contributed by atoms with E-state index >= 15 is 0 Å². The summed E-state index contributed by atoms with van der Waals surface area (Å²) in [6.45, 7) is 4.16. The van der Waals surface area contributed by atoms with Crippen LogP contribution in [0.3, 0.4) is 0 Å². The van der Waals surface area contributed by atoms with Crippen molar-refractivity contribution >= 4 is 17.9 Å². The standard InChI is InChI=1S/C23H28N2O6/c1-5-31-23(28)24(14-16-9-7-6-8-10-16)18-11-15(2)25(22(26)27)19-13-21(30-4)20(29-3)12-17(18)19/h6-10,12-13,15,18H,5,11,14H2,1-4H3,(H,26,27)/t15-,18+/m0/s1. The molecule has 0 bridgehead atoms. The summed E-state index contributed by atoms with van der Waals surface area (Å²) in [6, 6.07) is 12.3. The van der Waals surface area contributed by atoms with E-state index in [0.29, 0.717) is 35.7 Å². The van der Waals surface area contributed by atoms with Crippen molar-refractivity contribution in [2.24, 2.45) is 0 Å². The number of hydrogen-bond donors (Lipinski definition) is 1. The summed E-state index contributed by atoms with van der Waals surface area (Å²) in [5, 5.41) is 9.85. The molecule has 2 aromatic rings. The molecular formula is C23H28N2O6. The lowest BCUT2D eigenvalue weighted by molar-refractivity contribution is 0.0813. The van der Waals surface area contributed by atoms with Crippen LogP contribution in [-0.2, 0) is 11.3 Å². The highest BCUT2D eigenvalue weighted by molar-refractivity contribution is 5.90. The highest BCUT2D eigenvalue weighted by atomic mass is 16.6. The summed E-state index contributed by atoms with van der Waals surface area (Å²) in [6.07, 6.45) is -1.10. The fraction of sp³-hybridized carbons (Fsp3) is 0.391. The smallest absolute Gasteiger partial charge is 0.412 e. The van der Waals surface area contributed by atoms with Crippen molar-refractivity contribution in [1.29, 1.82) is 0 Å². The average Bonchev–Trinajstić information content (AvgIpc) is 2.76. The minimum atomic E-state index is -1.06. The summed E-state index contributed by atoms with van der Waals surface area (Å²) in [5.74, 6) is 0.890. The molecule has 2 aromatic carbocycles. The van der Waals surface area contributed by atoms with Crippen LogP contribution in [-0.4, -0.2) is 49.1 Å². The highest BCUT2D eigenvalue weighted by Crippen LogP contribution is 2.46. The van der Waals surface area contributed by atoms with Crippen molar-refractivity contribution < 1.29 is 28.9 Å². The van der Waals surface area contributed by atoms with Crippen molar-refractivity contribution in [3.63, 3.8) is 0 Å². The fourth-order valence-corrected chi connectivity index (χ4v) is 4.03. The van der Waals surface area contributed by atoms with Gasteiger partial charge in [0.15, 0.2) is 11.5 Å². The van der Waals surface area contributed by atoms with Gasteiger partial charge in [-0.25, -0.2) is 9.59 Å². The molecule has 0 radical (unpaired) electrons. The zero-order valence-corrected chi connectivity index (χ0v) is 18.2. The van der Waals surface area contributed by atoms with Gasteiger partial charge in [0.25, 0.3) is 0 Å². The Hall–Kier alpha value is -3.42. The predicted molar refractivity (Wildman–Crippen MR) is 116 cm³/mol. The Kier molecular flexibility index (Phi) is 6.89. The van der Waals surface area contributed by atoms with E-state index in [1.54, 1.807) is 24.0 Å². The van der Waals surface area contributed by atoms with E-state index in [2.05, 4.69) is 0 Å². The van der Waals surface area contributed by atoms with Gasteiger partial charge in [-0.3, -0.25) is 9.80 Å². The number of carboxylic acid groups (broad SMARTS) is 1. The summed E-state index contributed by atoms with van der Waals surface area (Å²) in [7, 11) is 3.02. The first-order valence-corrected chi connectivity index (χ1v) is 10.2. The van der Waals surface area contributed by atoms with Gasteiger partial charge in [0, 0.05) is 24.2 Å². The first kappa shape index (κ1) is 22.3. The minimum absolute atomic E-state index is 0.242. The van der Waals surface area contributed by atoms with Crippen LogP contribution in [0.25, 0.3) is 0 Å². The number of anilines is 1. The lowest BCUT2D eigenvalue weighted by Crippen LogP contribution is -2.47. The highest BCUT2D eigenvalue weighted by Gasteiger charge is 2.39. The average molecular weight is 428 g/mol. The number of carbonyl (C=O) groups excluding carboxylic acids is 1. The second kappa shape index (κ2) is 9.59. The minimum Gasteiger partial charge on any atom is -0.493 e. The number of rotatable bonds is 6. The summed E-state index contributed by atoms with van der Waals surface area (Å²) in [4.78, 5) is 28.0. The van der Waals surface area contributed by atoms with E-state index < -0.39 is 18.2 Å². The van der Waals surface area contributed by atoms with Crippen LogP contribution in [0.5, 0.6) is 11.5 Å². The normalized spacial score (nSPS) is 17.5. The molecule has 0 spiro atoms. The zero-order valence-electron chi connectivity index (χ0n) is 18.2. The van der Waals surface area contributed by atoms with Gasteiger partial charge in [-0.15, -0.1) is 0 Å². The van der Waals surface area contributed by atoms with Crippen molar-refractivity contribution in [3.05, 3.63) is 53.6 Å². The van der Waals surface area contributed by atoms with Crippen molar-refractivity contribution in [3.8, 4) is 11.5 Å². The lowest BCUT2D eigenvalue weighted by Gasteiger charge is -2.42. The van der Waals surface area contributed by atoms with Crippen molar-refractivity contribution in [1.82, 2.24) is 4.90 Å².